The highest BCUT2D eigenvalue weighted by molar-refractivity contribution is 7.59. The molecule has 2 aliphatic rings. The molecule has 6 N–H and O–H groups in total. The number of alkyl halides is 4. The molecule has 4 heterocycles. The number of nitrogens with one attached hydrogen (secondary N) is 3. The standard InChI is InChI=1S/C21H20ClF2N9O.C13H13F2N5O2.C8H9ClN4.CH4.ClH.2H2S/c1-12-8-26-20(29-15-6-21(23,24)7-15)31-18(12)33-10-17(27-11-33)19(34)30-16(9-28-32-25)13-3-2-4-14(22)5-13;1-7-4-16-12(18-8-2-13(14,15)3-8)19-10(7)20-5-9(11(21)22)17-6-20;9-7-3-1-2-6(4-7)8(10)5-12-13-11;;;;/h2-5,8,10-11,15-16H,6-7,9H2,1H3,(H,30,34)(H,26,29,31);4-6,8H,2-3H2,1H3,(H,21,22)(H,16,18,19);1-4,8H,5,10H2;1H4;1H;2*1H2/t16-;;8-;;;;/m1.1..../s1. The van der Waals surface area contributed by atoms with Crippen molar-refractivity contribution in [2.24, 2.45) is 16.0 Å². The summed E-state index contributed by atoms with van der Waals surface area (Å²) in [6.45, 7) is 3.78. The number of halogens is 7. The Kier molecular flexibility index (Phi) is 24.0. The molecule has 2 fully saturated rings. The number of carbonyl (C=O) groups is 2. The molecular weight excluding hydrogens is 1060 g/mol. The number of imidazole rings is 2. The van der Waals surface area contributed by atoms with Crippen LogP contribution in [0, 0.1) is 13.8 Å². The first kappa shape index (κ1) is 62.5. The third-order valence-corrected chi connectivity index (χ3v) is 10.8. The van der Waals surface area contributed by atoms with Gasteiger partial charge in [-0.3, -0.25) is 13.9 Å². The Balaban J connectivity index is 0.000000404. The number of azide groups is 2. The lowest BCUT2D eigenvalue weighted by Gasteiger charge is -2.35. The van der Waals surface area contributed by atoms with E-state index >= 15 is 0 Å². The number of rotatable bonds is 15. The fourth-order valence-corrected chi connectivity index (χ4v) is 7.20. The molecule has 73 heavy (non-hydrogen) atoms. The molecule has 0 bridgehead atoms. The van der Waals surface area contributed by atoms with Crippen molar-refractivity contribution in [1.82, 2.24) is 44.4 Å². The predicted octanol–water partition coefficient (Wildman–Crippen LogP) is 10.4. The van der Waals surface area contributed by atoms with Crippen molar-refractivity contribution in [3.05, 3.63) is 151 Å². The van der Waals surface area contributed by atoms with Crippen LogP contribution in [0.1, 0.15) is 88.4 Å². The molecule has 0 saturated heterocycles. The number of anilines is 2. The van der Waals surface area contributed by atoms with Gasteiger partial charge in [0, 0.05) is 106 Å². The van der Waals surface area contributed by atoms with Gasteiger partial charge in [0.25, 0.3) is 17.8 Å². The second-order valence-corrected chi connectivity index (χ2v) is 16.7. The van der Waals surface area contributed by atoms with Gasteiger partial charge < -0.3 is 26.8 Å². The molecule has 6 aromatic rings. The zero-order valence-corrected chi connectivity index (χ0v) is 42.2. The molecular formula is C43H51Cl3F4N18O3S2. The van der Waals surface area contributed by atoms with E-state index in [1.165, 1.54) is 29.6 Å². The van der Waals surface area contributed by atoms with Crippen LogP contribution >= 0.6 is 62.6 Å². The Morgan fingerprint density at radius 1 is 0.781 bits per heavy atom. The molecule has 2 aliphatic carbocycles. The Morgan fingerprint density at radius 2 is 1.22 bits per heavy atom. The first-order valence-electron chi connectivity index (χ1n) is 20.7. The molecule has 21 nitrogen and oxygen atoms in total. The molecule has 2 aromatic carbocycles. The summed E-state index contributed by atoms with van der Waals surface area (Å²) in [5, 5.41) is 25.5. The van der Waals surface area contributed by atoms with Crippen LogP contribution in [-0.4, -0.2) is 93.0 Å². The summed E-state index contributed by atoms with van der Waals surface area (Å²) in [6, 6.07) is 12.4. The van der Waals surface area contributed by atoms with Gasteiger partial charge >= 0.3 is 5.97 Å². The number of carbonyl (C=O) groups excluding carboxylic acids is 1. The number of hydrogen-bond donors (Lipinski definition) is 5. The van der Waals surface area contributed by atoms with Crippen LogP contribution in [0.4, 0.5) is 29.5 Å². The molecule has 0 spiro atoms. The number of aromatic carboxylic acids is 1. The van der Waals surface area contributed by atoms with Crippen LogP contribution in [0.5, 0.6) is 0 Å². The Hall–Kier alpha value is -6.57. The van der Waals surface area contributed by atoms with Gasteiger partial charge in [-0.2, -0.15) is 37.0 Å². The number of nitrogens with two attached hydrogens (primary N) is 1. The molecule has 0 radical (unpaired) electrons. The Morgan fingerprint density at radius 3 is 1.66 bits per heavy atom. The number of nitrogens with zero attached hydrogens (tertiary/aromatic N) is 14. The van der Waals surface area contributed by atoms with Crippen LogP contribution in [0.3, 0.4) is 0 Å². The minimum absolute atomic E-state index is 0. The van der Waals surface area contributed by atoms with E-state index in [-0.39, 0.29) is 121 Å². The van der Waals surface area contributed by atoms with E-state index in [2.05, 4.69) is 65.9 Å². The molecule has 30 heteroatoms. The van der Waals surface area contributed by atoms with Crippen molar-refractivity contribution in [2.75, 3.05) is 23.7 Å². The van der Waals surface area contributed by atoms with Crippen LogP contribution in [0.2, 0.25) is 10.0 Å². The van der Waals surface area contributed by atoms with Crippen LogP contribution in [0.25, 0.3) is 32.5 Å². The van der Waals surface area contributed by atoms with Crippen molar-refractivity contribution in [3.8, 4) is 11.6 Å². The van der Waals surface area contributed by atoms with E-state index < -0.39 is 35.8 Å². The lowest BCUT2D eigenvalue weighted by Crippen LogP contribution is -2.44. The highest BCUT2D eigenvalue weighted by Gasteiger charge is 2.46. The Labute approximate surface area is 445 Å². The van der Waals surface area contributed by atoms with Gasteiger partial charge in [0.2, 0.25) is 11.9 Å². The van der Waals surface area contributed by atoms with E-state index in [0.29, 0.717) is 38.4 Å². The Bertz CT molecular complexity index is 2890. The highest BCUT2D eigenvalue weighted by atomic mass is 35.5. The lowest BCUT2D eigenvalue weighted by atomic mass is 9.88. The normalized spacial score (nSPS) is 14.5. The zero-order valence-electron chi connectivity index (χ0n) is 37.9. The summed E-state index contributed by atoms with van der Waals surface area (Å²) in [5.41, 5.74) is 25.5. The first-order valence-corrected chi connectivity index (χ1v) is 21.4. The van der Waals surface area contributed by atoms with E-state index in [9.17, 15) is 27.2 Å². The van der Waals surface area contributed by atoms with Crippen molar-refractivity contribution < 1.29 is 32.3 Å². The minimum Gasteiger partial charge on any atom is -0.476 e. The van der Waals surface area contributed by atoms with Gasteiger partial charge in [-0.05, 0) is 60.3 Å². The molecule has 8 rings (SSSR count). The molecule has 392 valence electrons. The van der Waals surface area contributed by atoms with Gasteiger partial charge in [-0.15, -0.1) is 12.4 Å². The SMILES string of the molecule is C.Cc1cnc(NC2CC(F)(F)C2)nc1-n1cnc(C(=O)N[C@H](CN=[N+]=[N-])c2cccc(Cl)c2)c1.Cc1cnc(NC2CC(F)(F)C2)nc1-n1cnc(C(=O)O)c1.Cl.S.S.[N-]=[N+]=NC[C@@H](N)c1cccc(Cl)c1. The summed E-state index contributed by atoms with van der Waals surface area (Å²) in [5.74, 6) is -5.55. The number of carboxylic acid groups (broad SMARTS) is 1. The second-order valence-electron chi connectivity index (χ2n) is 15.8. The molecule has 4 aromatic heterocycles. The molecule has 2 atom stereocenters. The number of hydrogen-bond acceptors (Lipinski definition) is 13. The molecule has 1 amide bonds. The van der Waals surface area contributed by atoms with Gasteiger partial charge in [0.05, 0.1) is 12.6 Å². The maximum absolute atomic E-state index is 13.1. The van der Waals surface area contributed by atoms with Crippen molar-refractivity contribution in [2.45, 2.75) is 83.0 Å². The van der Waals surface area contributed by atoms with Crippen molar-refractivity contribution in [1.29, 1.82) is 0 Å². The summed E-state index contributed by atoms with van der Waals surface area (Å²) < 4.78 is 54.9. The maximum Gasteiger partial charge on any atom is 0.356 e. The molecule has 0 unspecified atom stereocenters. The second kappa shape index (κ2) is 28.0. The summed E-state index contributed by atoms with van der Waals surface area (Å²) in [6.07, 6.45) is 7.68. The fraction of sp³-hybridized carbons (Fsp3) is 0.349. The quantitative estimate of drug-likeness (QED) is 0.0278. The third-order valence-electron chi connectivity index (χ3n) is 10.3. The van der Waals surface area contributed by atoms with Gasteiger partial charge in [-0.25, -0.2) is 42.3 Å². The van der Waals surface area contributed by atoms with Gasteiger partial charge in [0.1, 0.15) is 30.0 Å². The molecule has 0 aliphatic heterocycles. The lowest BCUT2D eigenvalue weighted by molar-refractivity contribution is -0.0801. The minimum atomic E-state index is -2.65. The predicted molar refractivity (Wildman–Crippen MR) is 281 cm³/mol. The monoisotopic (exact) mass is 1110 g/mol. The van der Waals surface area contributed by atoms with E-state index in [1.54, 1.807) is 67.2 Å². The average Bonchev–Trinajstić information content (AvgIpc) is 3.99. The maximum atomic E-state index is 13.1. The van der Waals surface area contributed by atoms with Crippen molar-refractivity contribution >= 4 is 86.4 Å². The van der Waals surface area contributed by atoms with Gasteiger partial charge in [-0.1, -0.05) is 65.1 Å². The van der Waals surface area contributed by atoms with Crippen LogP contribution in [0.15, 0.2) is 96.2 Å². The van der Waals surface area contributed by atoms with E-state index in [0.717, 1.165) is 5.56 Å². The summed E-state index contributed by atoms with van der Waals surface area (Å²) in [7, 11) is 0. The average molecular weight is 1110 g/mol. The summed E-state index contributed by atoms with van der Waals surface area (Å²) >= 11 is 11.8. The van der Waals surface area contributed by atoms with Crippen LogP contribution < -0.4 is 21.7 Å². The number of benzene rings is 2. The number of amides is 1. The highest BCUT2D eigenvalue weighted by Crippen LogP contribution is 2.39. The summed E-state index contributed by atoms with van der Waals surface area (Å²) in [4.78, 5) is 53.9. The van der Waals surface area contributed by atoms with Crippen LogP contribution in [-0.2, 0) is 0 Å². The first-order chi connectivity index (χ1) is 32.8. The number of carboxylic acids is 1. The van der Waals surface area contributed by atoms with E-state index in [4.69, 9.17) is 45.1 Å². The van der Waals surface area contributed by atoms with Crippen molar-refractivity contribution in [3.63, 3.8) is 0 Å². The van der Waals surface area contributed by atoms with Gasteiger partial charge in [0.15, 0.2) is 5.69 Å². The fourth-order valence-electron chi connectivity index (χ4n) is 6.80. The van der Waals surface area contributed by atoms with E-state index in [1.807, 2.05) is 12.1 Å². The number of aromatic nitrogens is 8. The topological polar surface area (TPSA) is 301 Å². The largest absolute Gasteiger partial charge is 0.476 e. The molecule has 2 saturated carbocycles. The smallest absolute Gasteiger partial charge is 0.356 e. The third kappa shape index (κ3) is 17.9. The number of aryl methyl sites for hydroxylation is 2. The zero-order chi connectivity index (χ0) is 49.9.